The first kappa shape index (κ1) is 31.5. The summed E-state index contributed by atoms with van der Waals surface area (Å²) < 4.78 is 55.1. The zero-order chi connectivity index (χ0) is 29.3. The van der Waals surface area contributed by atoms with E-state index in [0.717, 1.165) is 11.3 Å². The standard InChI is InChI=1S/C28H24ClF3N4O4S.ClH/c29-17-7-8-18(19(11-17)16-2-1-9-39-12-16)24(28(30,31)32)40-25-23-22(35-27(34)36-25)20(13-41-23)15-5-3-14(4-6-15)10-21(33)26(37)38;/h2-8,11,13,21,24H,1,9-10,12,33H2,(H,37,38)(H2,34,35,36);1H/t21-,24+;/m0./s1. The maximum Gasteiger partial charge on any atom is 0.429 e. The number of carboxylic acid groups (broad SMARTS) is 1. The highest BCUT2D eigenvalue weighted by Crippen LogP contribution is 2.44. The molecule has 222 valence electrons. The van der Waals surface area contributed by atoms with Crippen molar-refractivity contribution in [1.82, 2.24) is 9.97 Å². The zero-order valence-corrected chi connectivity index (χ0v) is 24.1. The maximum atomic E-state index is 14.6. The highest BCUT2D eigenvalue weighted by molar-refractivity contribution is 7.18. The number of carboxylic acids is 1. The first-order valence-corrected chi connectivity index (χ1v) is 13.7. The van der Waals surface area contributed by atoms with Crippen molar-refractivity contribution in [3.8, 4) is 17.0 Å². The van der Waals surface area contributed by atoms with Crippen LogP contribution >= 0.6 is 35.3 Å². The van der Waals surface area contributed by atoms with Gasteiger partial charge in [-0.05, 0) is 47.2 Å². The molecule has 0 fully saturated rings. The molecule has 0 aliphatic carbocycles. The summed E-state index contributed by atoms with van der Waals surface area (Å²) in [7, 11) is 0. The lowest BCUT2D eigenvalue weighted by Gasteiger charge is -2.26. The van der Waals surface area contributed by atoms with Crippen LogP contribution in [0.4, 0.5) is 19.1 Å². The Balaban J connectivity index is 0.00000405. The van der Waals surface area contributed by atoms with Gasteiger partial charge >= 0.3 is 12.1 Å². The van der Waals surface area contributed by atoms with Crippen LogP contribution in [-0.4, -0.2) is 46.5 Å². The Morgan fingerprint density at radius 2 is 1.90 bits per heavy atom. The third-order valence-corrected chi connectivity index (χ3v) is 7.71. The van der Waals surface area contributed by atoms with Crippen LogP contribution in [0, 0.1) is 0 Å². The summed E-state index contributed by atoms with van der Waals surface area (Å²) in [4.78, 5) is 19.4. The minimum absolute atomic E-state index is 0. The molecular weight excluding hydrogens is 616 g/mol. The van der Waals surface area contributed by atoms with E-state index >= 15 is 0 Å². The second-order valence-corrected chi connectivity index (χ2v) is 10.7. The molecule has 0 unspecified atom stereocenters. The van der Waals surface area contributed by atoms with Crippen molar-refractivity contribution >= 4 is 63.1 Å². The molecule has 5 rings (SSSR count). The molecule has 0 radical (unpaired) electrons. The van der Waals surface area contributed by atoms with E-state index in [2.05, 4.69) is 9.97 Å². The van der Waals surface area contributed by atoms with Gasteiger partial charge in [0.2, 0.25) is 17.9 Å². The summed E-state index contributed by atoms with van der Waals surface area (Å²) in [6.45, 7) is 0.633. The fourth-order valence-corrected chi connectivity index (χ4v) is 5.67. The van der Waals surface area contributed by atoms with Gasteiger partial charge in [-0.2, -0.15) is 18.2 Å². The van der Waals surface area contributed by atoms with E-state index in [1.165, 1.54) is 18.2 Å². The van der Waals surface area contributed by atoms with Crippen LogP contribution in [0.5, 0.6) is 5.88 Å². The fourth-order valence-electron chi connectivity index (χ4n) is 4.55. The minimum atomic E-state index is -4.81. The van der Waals surface area contributed by atoms with E-state index in [4.69, 9.17) is 37.6 Å². The molecule has 1 aliphatic heterocycles. The van der Waals surface area contributed by atoms with Gasteiger partial charge in [-0.25, -0.2) is 4.98 Å². The van der Waals surface area contributed by atoms with Crippen LogP contribution in [0.3, 0.4) is 0 Å². The van der Waals surface area contributed by atoms with Gasteiger partial charge < -0.3 is 26.0 Å². The Labute approximate surface area is 253 Å². The quantitative estimate of drug-likeness (QED) is 0.200. The zero-order valence-electron chi connectivity index (χ0n) is 21.7. The molecule has 2 atom stereocenters. The number of alkyl halides is 3. The van der Waals surface area contributed by atoms with Crippen LogP contribution in [0.2, 0.25) is 5.02 Å². The second-order valence-electron chi connectivity index (χ2n) is 9.40. The maximum absolute atomic E-state index is 14.6. The van der Waals surface area contributed by atoms with Crippen molar-refractivity contribution < 1.29 is 32.5 Å². The number of benzene rings is 2. The van der Waals surface area contributed by atoms with E-state index in [0.29, 0.717) is 40.8 Å². The number of aliphatic carboxylic acids is 1. The smallest absolute Gasteiger partial charge is 0.429 e. The summed E-state index contributed by atoms with van der Waals surface area (Å²) in [5, 5.41) is 11.1. The number of nitrogens with zero attached hydrogens (tertiary/aromatic N) is 2. The molecule has 8 nitrogen and oxygen atoms in total. The van der Waals surface area contributed by atoms with Crippen molar-refractivity contribution in [1.29, 1.82) is 0 Å². The van der Waals surface area contributed by atoms with Crippen LogP contribution < -0.4 is 16.2 Å². The number of carbonyl (C=O) groups is 1. The summed E-state index contributed by atoms with van der Waals surface area (Å²) in [5.41, 5.74) is 14.7. The van der Waals surface area contributed by atoms with E-state index in [9.17, 15) is 18.0 Å². The number of ether oxygens (including phenoxy) is 2. The Kier molecular flexibility index (Phi) is 9.63. The molecule has 2 aromatic heterocycles. The predicted octanol–water partition coefficient (Wildman–Crippen LogP) is 6.46. The van der Waals surface area contributed by atoms with Gasteiger partial charge in [0.15, 0.2) is 0 Å². The van der Waals surface area contributed by atoms with Crippen LogP contribution in [0.15, 0.2) is 53.9 Å². The average Bonchev–Trinajstić information content (AvgIpc) is 3.36. The number of halogens is 5. The number of rotatable bonds is 8. The van der Waals surface area contributed by atoms with Gasteiger partial charge in [-0.15, -0.1) is 23.7 Å². The molecule has 3 heterocycles. The third-order valence-electron chi connectivity index (χ3n) is 6.52. The molecule has 2 aromatic carbocycles. The Morgan fingerprint density at radius 1 is 1.17 bits per heavy atom. The van der Waals surface area contributed by atoms with Crippen molar-refractivity contribution in [3.63, 3.8) is 0 Å². The van der Waals surface area contributed by atoms with Crippen molar-refractivity contribution in [3.05, 3.63) is 75.6 Å². The topological polar surface area (TPSA) is 134 Å². The molecule has 0 saturated heterocycles. The third kappa shape index (κ3) is 6.79. The van der Waals surface area contributed by atoms with Crippen LogP contribution in [0.25, 0.3) is 26.9 Å². The molecule has 4 aromatic rings. The Bertz CT molecular complexity index is 1630. The van der Waals surface area contributed by atoms with Gasteiger partial charge in [-0.3, -0.25) is 4.79 Å². The minimum Gasteiger partial charge on any atom is -0.480 e. The molecule has 5 N–H and O–H groups in total. The first-order chi connectivity index (χ1) is 19.5. The van der Waals surface area contributed by atoms with E-state index < -0.39 is 24.3 Å². The fraction of sp³-hybridized carbons (Fsp3) is 0.250. The molecule has 14 heteroatoms. The first-order valence-electron chi connectivity index (χ1n) is 12.4. The van der Waals surface area contributed by atoms with E-state index in [1.54, 1.807) is 29.6 Å². The van der Waals surface area contributed by atoms with Crippen molar-refractivity contribution in [2.75, 3.05) is 18.9 Å². The monoisotopic (exact) mass is 640 g/mol. The van der Waals surface area contributed by atoms with Crippen molar-refractivity contribution in [2.24, 2.45) is 5.73 Å². The highest BCUT2D eigenvalue weighted by Gasteiger charge is 2.45. The number of anilines is 1. The number of fused-ring (bicyclic) bond motifs is 1. The number of aromatic nitrogens is 2. The predicted molar refractivity (Wildman–Crippen MR) is 158 cm³/mol. The number of nitrogens with two attached hydrogens (primary N) is 2. The molecule has 0 bridgehead atoms. The number of hydrogen-bond acceptors (Lipinski definition) is 8. The van der Waals surface area contributed by atoms with Crippen LogP contribution in [0.1, 0.15) is 29.2 Å². The molecule has 0 amide bonds. The van der Waals surface area contributed by atoms with Crippen LogP contribution in [-0.2, 0) is 16.0 Å². The summed E-state index contributed by atoms with van der Waals surface area (Å²) in [6.07, 6.45) is -4.65. The SMILES string of the molecule is Cl.Nc1nc(O[C@H](c2ccc(Cl)cc2C2=CCCOC2)C(F)(F)F)c2scc(-c3ccc(C[C@H](N)C(=O)O)cc3)c2n1. The van der Waals surface area contributed by atoms with Gasteiger partial charge in [-0.1, -0.05) is 48.0 Å². The normalized spacial score (nSPS) is 15.0. The summed E-state index contributed by atoms with van der Waals surface area (Å²) in [6, 6.07) is 10.1. The highest BCUT2D eigenvalue weighted by atomic mass is 35.5. The van der Waals surface area contributed by atoms with Gasteiger partial charge in [0.25, 0.3) is 0 Å². The summed E-state index contributed by atoms with van der Waals surface area (Å²) >= 11 is 7.29. The molecule has 1 aliphatic rings. The molecular formula is C28H25Cl2F3N4O4S. The van der Waals surface area contributed by atoms with Crippen molar-refractivity contribution in [2.45, 2.75) is 31.2 Å². The molecule has 0 spiro atoms. The van der Waals surface area contributed by atoms with Gasteiger partial charge in [0.05, 0.1) is 18.7 Å². The lowest BCUT2D eigenvalue weighted by Crippen LogP contribution is -2.32. The Hall–Kier alpha value is -3.42. The van der Waals surface area contributed by atoms with E-state index in [1.807, 2.05) is 6.08 Å². The lowest BCUT2D eigenvalue weighted by atomic mass is 9.94. The molecule has 0 saturated carbocycles. The number of hydrogen-bond donors (Lipinski definition) is 3. The number of nitrogen functional groups attached to an aromatic ring is 1. The van der Waals surface area contributed by atoms with Gasteiger partial charge in [0.1, 0.15) is 10.7 Å². The largest absolute Gasteiger partial charge is 0.480 e. The molecule has 42 heavy (non-hydrogen) atoms. The van der Waals surface area contributed by atoms with E-state index in [-0.39, 0.29) is 58.1 Å². The average molecular weight is 641 g/mol. The second kappa shape index (κ2) is 12.8. The Morgan fingerprint density at radius 3 is 2.55 bits per heavy atom. The summed E-state index contributed by atoms with van der Waals surface area (Å²) in [5.74, 6) is -1.66. The lowest BCUT2D eigenvalue weighted by molar-refractivity contribution is -0.198. The van der Waals surface area contributed by atoms with Gasteiger partial charge in [0, 0.05) is 21.5 Å². The number of thiophene rings is 1.